The Morgan fingerprint density at radius 2 is 2.00 bits per heavy atom. The van der Waals surface area contributed by atoms with Crippen LogP contribution in [0.4, 0.5) is 0 Å². The molecule has 96 valence electrons. The van der Waals surface area contributed by atoms with E-state index in [0.717, 1.165) is 19.3 Å². The Morgan fingerprint density at radius 1 is 1.44 bits per heavy atom. The van der Waals surface area contributed by atoms with Crippen molar-refractivity contribution in [3.63, 3.8) is 0 Å². The first-order chi connectivity index (χ1) is 7.50. The Balaban J connectivity index is 0.00000106. The molecule has 2 atom stereocenters. The molecule has 1 saturated heterocycles. The van der Waals surface area contributed by atoms with E-state index in [0.29, 0.717) is 23.8 Å². The van der Waals surface area contributed by atoms with Crippen molar-refractivity contribution in [3.8, 4) is 0 Å². The van der Waals surface area contributed by atoms with E-state index >= 15 is 0 Å². The van der Waals surface area contributed by atoms with Crippen LogP contribution in [0.25, 0.3) is 0 Å². The second-order valence-corrected chi connectivity index (χ2v) is 5.07. The van der Waals surface area contributed by atoms with E-state index in [2.05, 4.69) is 33.0 Å². The smallest absolute Gasteiger partial charge is 0.220 e. The number of hydrogen-bond donors (Lipinski definition) is 1. The average Bonchev–Trinajstić information content (AvgIpc) is 2.26. The van der Waals surface area contributed by atoms with E-state index in [1.165, 1.54) is 0 Å². The van der Waals surface area contributed by atoms with Gasteiger partial charge in [-0.25, -0.2) is 0 Å². The third-order valence-corrected chi connectivity index (χ3v) is 3.92. The summed E-state index contributed by atoms with van der Waals surface area (Å²) in [5.41, 5.74) is 0.296. The van der Waals surface area contributed by atoms with Crippen molar-refractivity contribution < 1.29 is 4.79 Å². The number of carbonyl (C=O) groups excluding carboxylic acids is 1. The highest BCUT2D eigenvalue weighted by atomic mass is 16.1. The molecule has 1 fully saturated rings. The average molecular weight is 227 g/mol. The van der Waals surface area contributed by atoms with Crippen LogP contribution in [0.1, 0.15) is 67.2 Å². The van der Waals surface area contributed by atoms with Crippen molar-refractivity contribution >= 4 is 5.91 Å². The molecule has 2 heteroatoms. The summed E-state index contributed by atoms with van der Waals surface area (Å²) in [7, 11) is 0. The van der Waals surface area contributed by atoms with E-state index < -0.39 is 0 Å². The maximum Gasteiger partial charge on any atom is 0.220 e. The lowest BCUT2D eigenvalue weighted by Crippen LogP contribution is -2.53. The van der Waals surface area contributed by atoms with Crippen molar-refractivity contribution in [2.45, 2.75) is 73.3 Å². The van der Waals surface area contributed by atoms with Crippen LogP contribution in [-0.4, -0.2) is 11.9 Å². The van der Waals surface area contributed by atoms with E-state index in [4.69, 9.17) is 0 Å². The first kappa shape index (κ1) is 15.5. The maximum atomic E-state index is 11.3. The van der Waals surface area contributed by atoms with Crippen LogP contribution in [0.3, 0.4) is 0 Å². The first-order valence-corrected chi connectivity index (χ1v) is 6.80. The topological polar surface area (TPSA) is 29.1 Å². The maximum absolute atomic E-state index is 11.3. The Bertz CT molecular complexity index is 213. The van der Waals surface area contributed by atoms with Crippen LogP contribution in [-0.2, 0) is 4.79 Å². The van der Waals surface area contributed by atoms with Gasteiger partial charge in [0.25, 0.3) is 0 Å². The van der Waals surface area contributed by atoms with Gasteiger partial charge in [-0.2, -0.15) is 0 Å². The molecule has 2 nitrogen and oxygen atoms in total. The molecule has 0 spiro atoms. The monoisotopic (exact) mass is 227 g/mol. The van der Waals surface area contributed by atoms with Crippen LogP contribution in [0.2, 0.25) is 0 Å². The lowest BCUT2D eigenvalue weighted by Gasteiger charge is -2.45. The third-order valence-electron chi connectivity index (χ3n) is 3.92. The molecule has 1 heterocycles. The van der Waals surface area contributed by atoms with Gasteiger partial charge < -0.3 is 5.32 Å². The predicted octanol–water partition coefficient (Wildman–Crippen LogP) is 3.75. The van der Waals surface area contributed by atoms with Crippen molar-refractivity contribution in [1.82, 2.24) is 5.32 Å². The Hall–Kier alpha value is -0.530. The number of rotatable bonds is 3. The molecule has 1 aliphatic heterocycles. The lowest BCUT2D eigenvalue weighted by atomic mass is 9.67. The molecule has 0 bridgehead atoms. The summed E-state index contributed by atoms with van der Waals surface area (Å²) in [6, 6.07) is 0.383. The molecule has 0 saturated carbocycles. The van der Waals surface area contributed by atoms with Crippen LogP contribution < -0.4 is 5.32 Å². The molecule has 0 aromatic heterocycles. The van der Waals surface area contributed by atoms with Gasteiger partial charge in [-0.3, -0.25) is 4.79 Å². The van der Waals surface area contributed by atoms with Crippen molar-refractivity contribution in [3.05, 3.63) is 0 Å². The summed E-state index contributed by atoms with van der Waals surface area (Å²) in [6.07, 6.45) is 4.00. The van der Waals surface area contributed by atoms with Crippen molar-refractivity contribution in [1.29, 1.82) is 0 Å². The number of hydrogen-bond acceptors (Lipinski definition) is 1. The minimum absolute atomic E-state index is 0.238. The summed E-state index contributed by atoms with van der Waals surface area (Å²) < 4.78 is 0. The van der Waals surface area contributed by atoms with Crippen molar-refractivity contribution in [2.75, 3.05) is 0 Å². The molecule has 1 aliphatic rings. The van der Waals surface area contributed by atoms with Gasteiger partial charge in [0.05, 0.1) is 0 Å². The van der Waals surface area contributed by atoms with Gasteiger partial charge in [-0.05, 0) is 24.2 Å². The molecule has 1 unspecified atom stereocenters. The molecular weight excluding hydrogens is 198 g/mol. The van der Waals surface area contributed by atoms with E-state index in [-0.39, 0.29) is 5.91 Å². The Kier molecular flexibility index (Phi) is 6.70. The minimum atomic E-state index is 0.238. The quantitative estimate of drug-likeness (QED) is 0.781. The van der Waals surface area contributed by atoms with Gasteiger partial charge in [0.15, 0.2) is 0 Å². The summed E-state index contributed by atoms with van der Waals surface area (Å²) in [6.45, 7) is 13.0. The number of piperidine rings is 1. The van der Waals surface area contributed by atoms with Crippen LogP contribution >= 0.6 is 0 Å². The number of carbonyl (C=O) groups is 1. The molecule has 0 aliphatic carbocycles. The van der Waals surface area contributed by atoms with E-state index in [1.54, 1.807) is 0 Å². The predicted molar refractivity (Wildman–Crippen MR) is 70.4 cm³/mol. The second-order valence-electron chi connectivity index (χ2n) is 5.07. The fraction of sp³-hybridized carbons (Fsp3) is 0.929. The van der Waals surface area contributed by atoms with E-state index in [9.17, 15) is 4.79 Å². The highest BCUT2D eigenvalue weighted by Gasteiger charge is 2.40. The molecule has 1 rings (SSSR count). The molecular formula is C14H29NO. The van der Waals surface area contributed by atoms with Gasteiger partial charge in [0.2, 0.25) is 5.91 Å². The SMILES string of the molecule is CC.CCC[C@H]1NC(=O)CCC1(C)C(C)C. The highest BCUT2D eigenvalue weighted by Crippen LogP contribution is 2.40. The van der Waals surface area contributed by atoms with E-state index in [1.807, 2.05) is 13.8 Å². The van der Waals surface area contributed by atoms with Crippen LogP contribution in [0.5, 0.6) is 0 Å². The standard InChI is InChI=1S/C12H23NO.C2H6/c1-5-6-10-12(4,9(2)3)8-7-11(14)13-10;1-2/h9-10H,5-8H2,1-4H3,(H,13,14);1-2H3/t10-,12?;/m1./s1. The van der Waals surface area contributed by atoms with Gasteiger partial charge in [0, 0.05) is 12.5 Å². The third kappa shape index (κ3) is 3.50. The molecule has 0 aromatic rings. The van der Waals surface area contributed by atoms with Gasteiger partial charge in [-0.1, -0.05) is 48.0 Å². The molecule has 0 aromatic carbocycles. The number of nitrogens with one attached hydrogen (secondary N) is 1. The molecule has 0 radical (unpaired) electrons. The zero-order chi connectivity index (χ0) is 12.8. The summed E-state index contributed by atoms with van der Waals surface area (Å²) in [5.74, 6) is 0.876. The largest absolute Gasteiger partial charge is 0.353 e. The zero-order valence-corrected chi connectivity index (χ0v) is 11.9. The Morgan fingerprint density at radius 3 is 2.44 bits per heavy atom. The normalized spacial score (nSPS) is 29.4. The van der Waals surface area contributed by atoms with Crippen LogP contribution in [0.15, 0.2) is 0 Å². The lowest BCUT2D eigenvalue weighted by molar-refractivity contribution is -0.127. The zero-order valence-electron chi connectivity index (χ0n) is 11.9. The minimum Gasteiger partial charge on any atom is -0.353 e. The molecule has 1 N–H and O–H groups in total. The highest BCUT2D eigenvalue weighted by molar-refractivity contribution is 5.77. The molecule has 16 heavy (non-hydrogen) atoms. The fourth-order valence-electron chi connectivity index (χ4n) is 2.37. The van der Waals surface area contributed by atoms with Crippen LogP contribution in [0, 0.1) is 11.3 Å². The van der Waals surface area contributed by atoms with Gasteiger partial charge >= 0.3 is 0 Å². The number of amides is 1. The first-order valence-electron chi connectivity index (χ1n) is 6.80. The molecule has 1 amide bonds. The summed E-state index contributed by atoms with van der Waals surface area (Å²) >= 11 is 0. The fourth-order valence-corrected chi connectivity index (χ4v) is 2.37. The second kappa shape index (κ2) is 6.93. The van der Waals surface area contributed by atoms with Gasteiger partial charge in [0.1, 0.15) is 0 Å². The summed E-state index contributed by atoms with van der Waals surface area (Å²) in [5, 5.41) is 3.15. The van der Waals surface area contributed by atoms with Crippen molar-refractivity contribution in [2.24, 2.45) is 11.3 Å². The Labute approximate surface area is 101 Å². The summed E-state index contributed by atoms with van der Waals surface area (Å²) in [4.78, 5) is 11.3. The van der Waals surface area contributed by atoms with Gasteiger partial charge in [-0.15, -0.1) is 0 Å².